The summed E-state index contributed by atoms with van der Waals surface area (Å²) in [5, 5.41) is 3.51. The quantitative estimate of drug-likeness (QED) is 0.716. The van der Waals surface area contributed by atoms with Crippen LogP contribution in [0.5, 0.6) is 11.5 Å². The molecule has 1 aromatic rings. The third kappa shape index (κ3) is 5.56. The van der Waals surface area contributed by atoms with Gasteiger partial charge >= 0.3 is 0 Å². The summed E-state index contributed by atoms with van der Waals surface area (Å²) in [6, 6.07) is 6.42. The Morgan fingerprint density at radius 1 is 1.05 bits per heavy atom. The normalized spacial score (nSPS) is 13.8. The lowest BCUT2D eigenvalue weighted by molar-refractivity contribution is 0.101. The molecule has 21 heavy (non-hydrogen) atoms. The summed E-state index contributed by atoms with van der Waals surface area (Å²) >= 11 is 0. The summed E-state index contributed by atoms with van der Waals surface area (Å²) in [5.74, 6) is 1.61. The molecule has 0 saturated heterocycles. The van der Waals surface area contributed by atoms with Crippen LogP contribution in [0.15, 0.2) is 18.2 Å². The van der Waals surface area contributed by atoms with Crippen LogP contribution < -0.4 is 14.8 Å². The highest BCUT2D eigenvalue weighted by Crippen LogP contribution is 2.32. The van der Waals surface area contributed by atoms with Gasteiger partial charge in [0.15, 0.2) is 11.5 Å². The molecule has 1 aromatic carbocycles. The van der Waals surface area contributed by atoms with E-state index in [0.717, 1.165) is 24.5 Å². The molecule has 0 aromatic heterocycles. The van der Waals surface area contributed by atoms with Crippen molar-refractivity contribution in [3.63, 3.8) is 0 Å². The Morgan fingerprint density at radius 2 is 1.71 bits per heavy atom. The van der Waals surface area contributed by atoms with Gasteiger partial charge in [-0.3, -0.25) is 0 Å². The summed E-state index contributed by atoms with van der Waals surface area (Å²) in [7, 11) is 1.75. The number of nitrogens with one attached hydrogen (secondary N) is 1. The molecule has 1 N–H and O–H groups in total. The summed E-state index contributed by atoms with van der Waals surface area (Å²) in [6.07, 6.45) is 1.13. The van der Waals surface area contributed by atoms with Crippen LogP contribution in [-0.2, 0) is 4.74 Å². The van der Waals surface area contributed by atoms with E-state index in [-0.39, 0.29) is 12.1 Å². The number of ether oxygens (including phenoxy) is 3. The molecule has 0 heterocycles. The van der Waals surface area contributed by atoms with Crippen LogP contribution in [0.25, 0.3) is 0 Å². The number of rotatable bonds is 10. The van der Waals surface area contributed by atoms with E-state index in [9.17, 15) is 0 Å². The zero-order valence-corrected chi connectivity index (χ0v) is 13.9. The largest absolute Gasteiger partial charge is 0.490 e. The second kappa shape index (κ2) is 9.64. The van der Waals surface area contributed by atoms with Crippen LogP contribution in [0.2, 0.25) is 0 Å². The van der Waals surface area contributed by atoms with E-state index in [2.05, 4.69) is 31.3 Å². The fourth-order valence-electron chi connectivity index (χ4n) is 2.30. The monoisotopic (exact) mass is 295 g/mol. The molecule has 0 spiro atoms. The summed E-state index contributed by atoms with van der Waals surface area (Å²) in [6.45, 7) is 10.3. The number of methoxy groups -OCH3 is 1. The van der Waals surface area contributed by atoms with Crippen molar-refractivity contribution in [2.24, 2.45) is 0 Å². The van der Waals surface area contributed by atoms with Gasteiger partial charge in [-0.2, -0.15) is 0 Å². The highest BCUT2D eigenvalue weighted by atomic mass is 16.5. The minimum atomic E-state index is 0.205. The molecule has 120 valence electrons. The number of benzene rings is 1. The minimum Gasteiger partial charge on any atom is -0.490 e. The van der Waals surface area contributed by atoms with Gasteiger partial charge in [-0.1, -0.05) is 13.0 Å². The average Bonchev–Trinajstić information content (AvgIpc) is 2.49. The van der Waals surface area contributed by atoms with Crippen LogP contribution in [0, 0.1) is 0 Å². The predicted octanol–water partition coefficient (Wildman–Crippen LogP) is 3.56. The molecule has 2 unspecified atom stereocenters. The van der Waals surface area contributed by atoms with Crippen molar-refractivity contribution in [3.8, 4) is 11.5 Å². The molecule has 0 amide bonds. The first-order valence-corrected chi connectivity index (χ1v) is 7.81. The summed E-state index contributed by atoms with van der Waals surface area (Å²) in [4.78, 5) is 0. The van der Waals surface area contributed by atoms with E-state index < -0.39 is 0 Å². The average molecular weight is 295 g/mol. The molecule has 2 atom stereocenters. The van der Waals surface area contributed by atoms with E-state index in [1.807, 2.05) is 19.9 Å². The second-order valence-electron chi connectivity index (χ2n) is 4.96. The standard InChI is InChI=1S/C17H29NO3/c1-6-18-15(11-13(4)19-5)14-9-10-16(20-7-2)17(12-14)21-8-3/h9-10,12-13,15,18H,6-8,11H2,1-5H3. The number of hydrogen-bond acceptors (Lipinski definition) is 4. The van der Waals surface area contributed by atoms with Gasteiger partial charge in [0.25, 0.3) is 0 Å². The van der Waals surface area contributed by atoms with Gasteiger partial charge in [0.05, 0.1) is 19.3 Å². The Labute approximate surface area is 128 Å². The predicted molar refractivity (Wildman–Crippen MR) is 86.3 cm³/mol. The van der Waals surface area contributed by atoms with E-state index in [4.69, 9.17) is 14.2 Å². The maximum atomic E-state index is 5.71. The van der Waals surface area contributed by atoms with E-state index in [1.165, 1.54) is 5.56 Å². The third-order valence-electron chi connectivity index (χ3n) is 3.39. The molecule has 0 bridgehead atoms. The zero-order valence-electron chi connectivity index (χ0n) is 13.9. The molecule has 4 nitrogen and oxygen atoms in total. The lowest BCUT2D eigenvalue weighted by Crippen LogP contribution is -2.25. The van der Waals surface area contributed by atoms with Crippen LogP contribution >= 0.6 is 0 Å². The minimum absolute atomic E-state index is 0.205. The summed E-state index contributed by atoms with van der Waals surface area (Å²) in [5.41, 5.74) is 1.20. The van der Waals surface area contributed by atoms with Crippen molar-refractivity contribution < 1.29 is 14.2 Å². The third-order valence-corrected chi connectivity index (χ3v) is 3.39. The zero-order chi connectivity index (χ0) is 15.7. The van der Waals surface area contributed by atoms with Gasteiger partial charge in [-0.15, -0.1) is 0 Å². The van der Waals surface area contributed by atoms with Crippen molar-refractivity contribution in [1.82, 2.24) is 5.32 Å². The van der Waals surface area contributed by atoms with Gasteiger partial charge in [0, 0.05) is 13.2 Å². The number of hydrogen-bond donors (Lipinski definition) is 1. The van der Waals surface area contributed by atoms with Gasteiger partial charge in [0.1, 0.15) is 0 Å². The fourth-order valence-corrected chi connectivity index (χ4v) is 2.30. The lowest BCUT2D eigenvalue weighted by atomic mass is 10.0. The van der Waals surface area contributed by atoms with Crippen molar-refractivity contribution in [2.75, 3.05) is 26.9 Å². The topological polar surface area (TPSA) is 39.7 Å². The maximum Gasteiger partial charge on any atom is 0.161 e. The van der Waals surface area contributed by atoms with Crippen LogP contribution in [0.1, 0.15) is 45.7 Å². The van der Waals surface area contributed by atoms with Gasteiger partial charge in [-0.05, 0) is 51.4 Å². The Morgan fingerprint density at radius 3 is 2.29 bits per heavy atom. The van der Waals surface area contributed by atoms with Crippen molar-refractivity contribution in [3.05, 3.63) is 23.8 Å². The lowest BCUT2D eigenvalue weighted by Gasteiger charge is -2.23. The SMILES string of the molecule is CCNC(CC(C)OC)c1ccc(OCC)c(OCC)c1. The smallest absolute Gasteiger partial charge is 0.161 e. The van der Waals surface area contributed by atoms with Crippen LogP contribution in [-0.4, -0.2) is 33.0 Å². The molecule has 4 heteroatoms. The molecular weight excluding hydrogens is 266 g/mol. The first kappa shape index (κ1) is 17.8. The van der Waals surface area contributed by atoms with Crippen molar-refractivity contribution in [1.29, 1.82) is 0 Å². The van der Waals surface area contributed by atoms with Crippen LogP contribution in [0.3, 0.4) is 0 Å². The Balaban J connectivity index is 2.98. The van der Waals surface area contributed by atoms with Gasteiger partial charge in [-0.25, -0.2) is 0 Å². The van der Waals surface area contributed by atoms with E-state index in [0.29, 0.717) is 13.2 Å². The summed E-state index contributed by atoms with van der Waals surface area (Å²) < 4.78 is 16.7. The molecule has 1 rings (SSSR count). The molecule has 0 aliphatic carbocycles. The molecular formula is C17H29NO3. The molecule has 0 aliphatic heterocycles. The maximum absolute atomic E-state index is 5.71. The first-order chi connectivity index (χ1) is 10.2. The van der Waals surface area contributed by atoms with E-state index in [1.54, 1.807) is 7.11 Å². The van der Waals surface area contributed by atoms with Crippen LogP contribution in [0.4, 0.5) is 0 Å². The van der Waals surface area contributed by atoms with E-state index >= 15 is 0 Å². The molecule has 0 saturated carbocycles. The molecule has 0 aliphatic rings. The fraction of sp³-hybridized carbons (Fsp3) is 0.647. The Bertz CT molecular complexity index is 409. The first-order valence-electron chi connectivity index (χ1n) is 7.81. The second-order valence-corrected chi connectivity index (χ2v) is 4.96. The van der Waals surface area contributed by atoms with Crippen molar-refractivity contribution >= 4 is 0 Å². The van der Waals surface area contributed by atoms with Gasteiger partial charge in [0.2, 0.25) is 0 Å². The molecule has 0 fully saturated rings. The van der Waals surface area contributed by atoms with Gasteiger partial charge < -0.3 is 19.5 Å². The molecule has 0 radical (unpaired) electrons. The highest BCUT2D eigenvalue weighted by molar-refractivity contribution is 5.44. The van der Waals surface area contributed by atoms with Crippen molar-refractivity contribution in [2.45, 2.75) is 46.3 Å². The Kier molecular flexibility index (Phi) is 8.16. The Hall–Kier alpha value is -1.26. The highest BCUT2D eigenvalue weighted by Gasteiger charge is 2.16.